The highest BCUT2D eigenvalue weighted by atomic mass is 32.2. The van der Waals surface area contributed by atoms with Crippen LogP contribution in [0.1, 0.15) is 24.4 Å². The van der Waals surface area contributed by atoms with Crippen molar-refractivity contribution in [3.63, 3.8) is 0 Å². The van der Waals surface area contributed by atoms with Crippen molar-refractivity contribution in [3.8, 4) is 11.3 Å². The maximum atomic E-state index is 13.5. The quantitative estimate of drug-likeness (QED) is 0.659. The largest absolute Gasteiger partial charge is 0.289 e. The highest BCUT2D eigenvalue weighted by molar-refractivity contribution is 7.90. The first-order valence-electron chi connectivity index (χ1n) is 8.15. The van der Waals surface area contributed by atoms with E-state index in [4.69, 9.17) is 0 Å². The van der Waals surface area contributed by atoms with Crippen LogP contribution >= 0.6 is 0 Å². The summed E-state index contributed by atoms with van der Waals surface area (Å²) in [6.07, 6.45) is 2.72. The molecule has 1 aliphatic carbocycles. The Morgan fingerprint density at radius 3 is 2.50 bits per heavy atom. The SMILES string of the molecule is Cc1cc(F)ccc1-c1nc(S(C)(=O)=O)nc2c1ccc(=O)n2C1CC1. The number of aryl methyl sites for hydroxylation is 1. The fourth-order valence-corrected chi connectivity index (χ4v) is 3.57. The first kappa shape index (κ1) is 16.8. The number of hydrogen-bond donors (Lipinski definition) is 0. The zero-order chi connectivity index (χ0) is 18.6. The van der Waals surface area contributed by atoms with Gasteiger partial charge in [0.25, 0.3) is 5.56 Å². The van der Waals surface area contributed by atoms with E-state index in [1.165, 1.54) is 22.8 Å². The molecule has 1 aromatic carbocycles. The van der Waals surface area contributed by atoms with Crippen LogP contribution in [0.2, 0.25) is 0 Å². The van der Waals surface area contributed by atoms with E-state index in [0.717, 1.165) is 19.1 Å². The average Bonchev–Trinajstić information content (AvgIpc) is 3.37. The van der Waals surface area contributed by atoms with E-state index in [0.29, 0.717) is 27.9 Å². The van der Waals surface area contributed by atoms with Crippen molar-refractivity contribution in [2.24, 2.45) is 0 Å². The van der Waals surface area contributed by atoms with Crippen molar-refractivity contribution in [2.75, 3.05) is 6.26 Å². The van der Waals surface area contributed by atoms with Crippen LogP contribution in [0.15, 0.2) is 40.3 Å². The maximum absolute atomic E-state index is 13.5. The second-order valence-corrected chi connectivity index (χ2v) is 8.51. The molecule has 3 aromatic rings. The third-order valence-corrected chi connectivity index (χ3v) is 5.30. The normalized spacial score (nSPS) is 14.7. The summed E-state index contributed by atoms with van der Waals surface area (Å²) in [5.74, 6) is -0.386. The van der Waals surface area contributed by atoms with Gasteiger partial charge in [-0.05, 0) is 49.6 Å². The van der Waals surface area contributed by atoms with Crippen LogP contribution in [0.4, 0.5) is 4.39 Å². The van der Waals surface area contributed by atoms with Crippen LogP contribution in [-0.2, 0) is 9.84 Å². The third-order valence-electron chi connectivity index (χ3n) is 4.45. The summed E-state index contributed by atoms with van der Waals surface area (Å²) in [6.45, 7) is 1.73. The average molecular weight is 373 g/mol. The molecule has 6 nitrogen and oxygen atoms in total. The Morgan fingerprint density at radius 1 is 1.15 bits per heavy atom. The minimum Gasteiger partial charge on any atom is -0.289 e. The number of hydrogen-bond acceptors (Lipinski definition) is 5. The van der Waals surface area contributed by atoms with Gasteiger partial charge in [0, 0.05) is 29.3 Å². The molecule has 0 bridgehead atoms. The predicted octanol–water partition coefficient (Wildman–Crippen LogP) is 2.64. The number of nitrogens with zero attached hydrogens (tertiary/aromatic N) is 3. The van der Waals surface area contributed by atoms with E-state index in [-0.39, 0.29) is 22.6 Å². The predicted molar refractivity (Wildman–Crippen MR) is 95.3 cm³/mol. The molecule has 0 spiro atoms. The molecule has 0 unspecified atom stereocenters. The van der Waals surface area contributed by atoms with Crippen LogP contribution in [0.5, 0.6) is 0 Å². The van der Waals surface area contributed by atoms with Crippen LogP contribution in [0, 0.1) is 12.7 Å². The van der Waals surface area contributed by atoms with Crippen molar-refractivity contribution in [1.29, 1.82) is 0 Å². The summed E-state index contributed by atoms with van der Waals surface area (Å²) in [5, 5.41) is 0.224. The molecule has 1 aliphatic rings. The molecular weight excluding hydrogens is 357 g/mol. The zero-order valence-corrected chi connectivity index (χ0v) is 15.0. The molecular formula is C18H16FN3O3S. The summed E-state index contributed by atoms with van der Waals surface area (Å²) in [7, 11) is -3.69. The fourth-order valence-electron chi connectivity index (χ4n) is 3.06. The molecule has 0 radical (unpaired) electrons. The Hall–Kier alpha value is -2.61. The number of fused-ring (bicyclic) bond motifs is 1. The Labute approximate surface area is 149 Å². The van der Waals surface area contributed by atoms with Crippen molar-refractivity contribution >= 4 is 20.9 Å². The van der Waals surface area contributed by atoms with Crippen LogP contribution in [0.3, 0.4) is 0 Å². The summed E-state index contributed by atoms with van der Waals surface area (Å²) in [5.41, 5.74) is 1.68. The van der Waals surface area contributed by atoms with E-state index < -0.39 is 9.84 Å². The van der Waals surface area contributed by atoms with Gasteiger partial charge in [0.2, 0.25) is 15.0 Å². The van der Waals surface area contributed by atoms with E-state index in [2.05, 4.69) is 9.97 Å². The lowest BCUT2D eigenvalue weighted by molar-refractivity contribution is 0.592. The molecule has 0 atom stereocenters. The Balaban J connectivity index is 2.15. The molecule has 1 fully saturated rings. The van der Waals surface area contributed by atoms with Crippen LogP contribution in [0.25, 0.3) is 22.3 Å². The summed E-state index contributed by atoms with van der Waals surface area (Å²) < 4.78 is 39.3. The number of halogens is 1. The molecule has 0 amide bonds. The summed E-state index contributed by atoms with van der Waals surface area (Å²) in [4.78, 5) is 20.8. The van der Waals surface area contributed by atoms with Gasteiger partial charge in [-0.3, -0.25) is 9.36 Å². The molecule has 0 saturated heterocycles. The first-order chi connectivity index (χ1) is 12.3. The van der Waals surface area contributed by atoms with Crippen LogP contribution < -0.4 is 5.56 Å². The fraction of sp³-hybridized carbons (Fsp3) is 0.278. The van der Waals surface area contributed by atoms with Gasteiger partial charge in [-0.1, -0.05) is 0 Å². The zero-order valence-electron chi connectivity index (χ0n) is 14.2. The number of rotatable bonds is 3. The molecule has 26 heavy (non-hydrogen) atoms. The van der Waals surface area contributed by atoms with Gasteiger partial charge in [0.05, 0.1) is 5.69 Å². The summed E-state index contributed by atoms with van der Waals surface area (Å²) in [6, 6.07) is 7.28. The topological polar surface area (TPSA) is 81.9 Å². The monoisotopic (exact) mass is 373 g/mol. The van der Waals surface area contributed by atoms with Crippen molar-refractivity contribution in [2.45, 2.75) is 31.0 Å². The van der Waals surface area contributed by atoms with E-state index in [1.54, 1.807) is 19.1 Å². The molecule has 1 saturated carbocycles. The summed E-state index contributed by atoms with van der Waals surface area (Å²) >= 11 is 0. The molecule has 2 heterocycles. The van der Waals surface area contributed by atoms with E-state index >= 15 is 0 Å². The number of benzene rings is 1. The lowest BCUT2D eigenvalue weighted by atomic mass is 10.0. The van der Waals surface area contributed by atoms with Crippen molar-refractivity contribution in [1.82, 2.24) is 14.5 Å². The highest BCUT2D eigenvalue weighted by Crippen LogP contribution is 2.37. The number of aromatic nitrogens is 3. The molecule has 0 aliphatic heterocycles. The van der Waals surface area contributed by atoms with E-state index in [9.17, 15) is 17.6 Å². The van der Waals surface area contributed by atoms with E-state index in [1.807, 2.05) is 0 Å². The Kier molecular flexibility index (Phi) is 3.69. The molecule has 2 aromatic heterocycles. The minimum atomic E-state index is -3.69. The standard InChI is InChI=1S/C18H16FN3O3S/c1-10-9-11(19)3-6-13(10)16-14-7-8-15(23)22(12-4-5-12)17(14)21-18(20-16)26(2,24)25/h3,6-9,12H,4-5H2,1-2H3. The Bertz CT molecular complexity index is 1210. The molecule has 4 rings (SSSR count). The second-order valence-electron chi connectivity index (χ2n) is 6.60. The molecule has 0 N–H and O–H groups in total. The van der Waals surface area contributed by atoms with Gasteiger partial charge in [-0.25, -0.2) is 17.8 Å². The van der Waals surface area contributed by atoms with Gasteiger partial charge < -0.3 is 0 Å². The molecule has 134 valence electrons. The van der Waals surface area contributed by atoms with Gasteiger partial charge in [0.15, 0.2) is 0 Å². The number of sulfone groups is 1. The van der Waals surface area contributed by atoms with Gasteiger partial charge in [-0.2, -0.15) is 4.98 Å². The van der Waals surface area contributed by atoms with Gasteiger partial charge in [-0.15, -0.1) is 0 Å². The van der Waals surface area contributed by atoms with Crippen molar-refractivity contribution in [3.05, 3.63) is 52.1 Å². The lowest BCUT2D eigenvalue weighted by Crippen LogP contribution is -2.20. The third kappa shape index (κ3) is 2.80. The van der Waals surface area contributed by atoms with Crippen LogP contribution in [-0.4, -0.2) is 29.2 Å². The smallest absolute Gasteiger partial charge is 0.252 e. The maximum Gasteiger partial charge on any atom is 0.252 e. The number of pyridine rings is 1. The minimum absolute atomic E-state index is 0.0238. The first-order valence-corrected chi connectivity index (χ1v) is 10.0. The van der Waals surface area contributed by atoms with Crippen molar-refractivity contribution < 1.29 is 12.8 Å². The van der Waals surface area contributed by atoms with Gasteiger partial charge in [0.1, 0.15) is 11.5 Å². The Morgan fingerprint density at radius 2 is 1.88 bits per heavy atom. The lowest BCUT2D eigenvalue weighted by Gasteiger charge is -2.14. The molecule has 8 heteroatoms. The highest BCUT2D eigenvalue weighted by Gasteiger charge is 2.28. The second kappa shape index (κ2) is 5.70. The van der Waals surface area contributed by atoms with Gasteiger partial charge >= 0.3 is 0 Å².